The molecule has 0 aliphatic carbocycles. The number of carbonyl (C=O) groups is 1. The highest BCUT2D eigenvalue weighted by molar-refractivity contribution is 6.31. The number of hydrogen-bond acceptors (Lipinski definition) is 4. The Morgan fingerprint density at radius 1 is 1.29 bits per heavy atom. The average Bonchev–Trinajstić information content (AvgIpc) is 2.42. The second kappa shape index (κ2) is 6.54. The first-order valence-corrected chi connectivity index (χ1v) is 7.00. The molecule has 1 aromatic heterocycles. The van der Waals surface area contributed by atoms with Gasteiger partial charge in [0.25, 0.3) is 5.91 Å². The van der Waals surface area contributed by atoms with Crippen molar-refractivity contribution < 1.29 is 4.79 Å². The zero-order chi connectivity index (χ0) is 15.4. The van der Waals surface area contributed by atoms with Gasteiger partial charge >= 0.3 is 0 Å². The minimum atomic E-state index is -0.297. The van der Waals surface area contributed by atoms with Gasteiger partial charge in [-0.1, -0.05) is 17.7 Å². The molecular formula is C15H17ClN4O. The number of anilines is 2. The number of carbonyl (C=O) groups excluding carboxylic acids is 1. The van der Waals surface area contributed by atoms with E-state index in [1.54, 1.807) is 24.4 Å². The van der Waals surface area contributed by atoms with Gasteiger partial charge < -0.3 is 10.6 Å². The molecule has 0 atom stereocenters. The van der Waals surface area contributed by atoms with Crippen LogP contribution in [0.1, 0.15) is 29.9 Å². The van der Waals surface area contributed by atoms with Crippen LogP contribution in [0.5, 0.6) is 0 Å². The predicted molar refractivity (Wildman–Crippen MR) is 84.9 cm³/mol. The monoisotopic (exact) mass is 304 g/mol. The molecule has 0 saturated carbocycles. The lowest BCUT2D eigenvalue weighted by Crippen LogP contribution is -2.18. The Morgan fingerprint density at radius 3 is 2.76 bits per heavy atom. The average molecular weight is 305 g/mol. The predicted octanol–water partition coefficient (Wildman–Crippen LogP) is 3.51. The summed E-state index contributed by atoms with van der Waals surface area (Å²) in [4.78, 5) is 20.5. The molecule has 0 radical (unpaired) electrons. The summed E-state index contributed by atoms with van der Waals surface area (Å²) in [6, 6.07) is 7.11. The molecule has 1 heterocycles. The molecule has 0 spiro atoms. The van der Waals surface area contributed by atoms with E-state index < -0.39 is 0 Å². The van der Waals surface area contributed by atoms with Gasteiger partial charge in [0.2, 0.25) is 5.95 Å². The molecule has 1 amide bonds. The molecule has 5 nitrogen and oxygen atoms in total. The lowest BCUT2D eigenvalue weighted by Gasteiger charge is -2.10. The second-order valence-corrected chi connectivity index (χ2v) is 5.41. The van der Waals surface area contributed by atoms with Crippen molar-refractivity contribution >= 4 is 29.1 Å². The number of amides is 1. The largest absolute Gasteiger partial charge is 0.352 e. The van der Waals surface area contributed by atoms with Crippen LogP contribution < -0.4 is 10.6 Å². The maximum Gasteiger partial charge on any atom is 0.274 e. The topological polar surface area (TPSA) is 66.9 Å². The van der Waals surface area contributed by atoms with Gasteiger partial charge in [0.05, 0.1) is 0 Å². The molecule has 0 saturated heterocycles. The van der Waals surface area contributed by atoms with E-state index in [9.17, 15) is 4.79 Å². The van der Waals surface area contributed by atoms with Gasteiger partial charge in [0, 0.05) is 22.9 Å². The zero-order valence-electron chi connectivity index (χ0n) is 12.1. The van der Waals surface area contributed by atoms with E-state index in [1.165, 1.54) is 0 Å². The first kappa shape index (κ1) is 15.3. The van der Waals surface area contributed by atoms with Crippen molar-refractivity contribution in [2.75, 3.05) is 10.6 Å². The van der Waals surface area contributed by atoms with Crippen LogP contribution in [-0.2, 0) is 0 Å². The molecule has 2 rings (SSSR count). The fraction of sp³-hybridized carbons (Fsp3) is 0.267. The summed E-state index contributed by atoms with van der Waals surface area (Å²) in [5.74, 6) is 0.134. The molecule has 0 bridgehead atoms. The number of benzene rings is 1. The highest BCUT2D eigenvalue weighted by atomic mass is 35.5. The van der Waals surface area contributed by atoms with Gasteiger partial charge in [-0.3, -0.25) is 4.79 Å². The maximum absolute atomic E-state index is 12.2. The van der Waals surface area contributed by atoms with Crippen molar-refractivity contribution in [3.05, 3.63) is 46.7 Å². The SMILES string of the molecule is Cc1ccc(Cl)cc1NC(=O)c1ccnc(NC(C)C)n1. The molecular weight excluding hydrogens is 288 g/mol. The van der Waals surface area contributed by atoms with E-state index in [-0.39, 0.29) is 11.9 Å². The van der Waals surface area contributed by atoms with Crippen molar-refractivity contribution in [1.82, 2.24) is 9.97 Å². The summed E-state index contributed by atoms with van der Waals surface area (Å²) in [6.07, 6.45) is 1.55. The van der Waals surface area contributed by atoms with Crippen LogP contribution in [0.3, 0.4) is 0 Å². The van der Waals surface area contributed by atoms with Crippen molar-refractivity contribution in [3.8, 4) is 0 Å². The summed E-state index contributed by atoms with van der Waals surface area (Å²) in [7, 11) is 0. The normalized spacial score (nSPS) is 10.5. The number of halogens is 1. The van der Waals surface area contributed by atoms with Gasteiger partial charge in [-0.2, -0.15) is 0 Å². The first-order valence-electron chi connectivity index (χ1n) is 6.63. The molecule has 21 heavy (non-hydrogen) atoms. The van der Waals surface area contributed by atoms with Crippen molar-refractivity contribution in [2.45, 2.75) is 26.8 Å². The number of aromatic nitrogens is 2. The fourth-order valence-electron chi connectivity index (χ4n) is 1.73. The zero-order valence-corrected chi connectivity index (χ0v) is 12.9. The highest BCUT2D eigenvalue weighted by Crippen LogP contribution is 2.20. The van der Waals surface area contributed by atoms with Gasteiger partial charge in [-0.25, -0.2) is 9.97 Å². The second-order valence-electron chi connectivity index (χ2n) is 4.98. The molecule has 6 heteroatoms. The summed E-state index contributed by atoms with van der Waals surface area (Å²) in [5, 5.41) is 6.44. The fourth-order valence-corrected chi connectivity index (χ4v) is 1.90. The van der Waals surface area contributed by atoms with Gasteiger partial charge in [-0.05, 0) is 44.5 Å². The molecule has 0 fully saturated rings. The quantitative estimate of drug-likeness (QED) is 0.907. The smallest absolute Gasteiger partial charge is 0.274 e. The third-order valence-electron chi connectivity index (χ3n) is 2.75. The number of nitrogens with one attached hydrogen (secondary N) is 2. The van der Waals surface area contributed by atoms with Crippen molar-refractivity contribution in [3.63, 3.8) is 0 Å². The lowest BCUT2D eigenvalue weighted by atomic mass is 10.2. The van der Waals surface area contributed by atoms with Crippen LogP contribution in [0.25, 0.3) is 0 Å². The van der Waals surface area contributed by atoms with E-state index in [1.807, 2.05) is 26.8 Å². The summed E-state index contributed by atoms with van der Waals surface area (Å²) in [6.45, 7) is 5.86. The Labute approximate surface area is 128 Å². The molecule has 0 unspecified atom stereocenters. The number of hydrogen-bond donors (Lipinski definition) is 2. The molecule has 2 N–H and O–H groups in total. The third kappa shape index (κ3) is 4.16. The Bertz CT molecular complexity index is 658. The van der Waals surface area contributed by atoms with Crippen molar-refractivity contribution in [2.24, 2.45) is 0 Å². The number of nitrogens with zero attached hydrogens (tertiary/aromatic N) is 2. The molecule has 0 aliphatic rings. The Balaban J connectivity index is 2.18. The van der Waals surface area contributed by atoms with E-state index in [0.717, 1.165) is 5.56 Å². The summed E-state index contributed by atoms with van der Waals surface area (Å²) in [5.41, 5.74) is 1.90. The van der Waals surface area contributed by atoms with Crippen molar-refractivity contribution in [1.29, 1.82) is 0 Å². The number of aryl methyl sites for hydroxylation is 1. The van der Waals surface area contributed by atoms with Crippen LogP contribution in [0.4, 0.5) is 11.6 Å². The van der Waals surface area contributed by atoms with Crippen LogP contribution in [0.15, 0.2) is 30.5 Å². The molecule has 1 aromatic carbocycles. The Kier molecular flexibility index (Phi) is 4.75. The van der Waals surface area contributed by atoms with Gasteiger partial charge in [-0.15, -0.1) is 0 Å². The first-order chi connectivity index (χ1) is 9.95. The van der Waals surface area contributed by atoms with Crippen LogP contribution in [0, 0.1) is 6.92 Å². The lowest BCUT2D eigenvalue weighted by molar-refractivity contribution is 0.102. The minimum Gasteiger partial charge on any atom is -0.352 e. The number of rotatable bonds is 4. The summed E-state index contributed by atoms with van der Waals surface area (Å²) < 4.78 is 0. The minimum absolute atomic E-state index is 0.193. The van der Waals surface area contributed by atoms with E-state index >= 15 is 0 Å². The van der Waals surface area contributed by atoms with E-state index in [0.29, 0.717) is 22.4 Å². The standard InChI is InChI=1S/C15H17ClN4O/c1-9(2)18-15-17-7-6-12(20-15)14(21)19-13-8-11(16)5-4-10(13)3/h4-9H,1-3H3,(H,19,21)(H,17,18,20). The van der Waals surface area contributed by atoms with Crippen LogP contribution >= 0.6 is 11.6 Å². The summed E-state index contributed by atoms with van der Waals surface area (Å²) >= 11 is 5.94. The van der Waals surface area contributed by atoms with Gasteiger partial charge in [0.15, 0.2) is 0 Å². The van der Waals surface area contributed by atoms with Crippen LogP contribution in [-0.4, -0.2) is 21.9 Å². The molecule has 0 aliphatic heterocycles. The van der Waals surface area contributed by atoms with E-state index in [4.69, 9.17) is 11.6 Å². The highest BCUT2D eigenvalue weighted by Gasteiger charge is 2.11. The molecule has 2 aromatic rings. The van der Waals surface area contributed by atoms with E-state index in [2.05, 4.69) is 20.6 Å². The van der Waals surface area contributed by atoms with Gasteiger partial charge in [0.1, 0.15) is 5.69 Å². The Hall–Kier alpha value is -2.14. The van der Waals surface area contributed by atoms with Crippen LogP contribution in [0.2, 0.25) is 5.02 Å². The molecule has 110 valence electrons. The Morgan fingerprint density at radius 2 is 2.05 bits per heavy atom. The third-order valence-corrected chi connectivity index (χ3v) is 2.99. The maximum atomic E-state index is 12.2.